The van der Waals surface area contributed by atoms with Crippen molar-refractivity contribution >= 4 is 0 Å². The molecular formula is C15H21N3. The molecule has 1 aliphatic heterocycles. The summed E-state index contributed by atoms with van der Waals surface area (Å²) in [5.74, 6) is 0. The van der Waals surface area contributed by atoms with Gasteiger partial charge in [0.15, 0.2) is 0 Å². The molecule has 1 aromatic carbocycles. The van der Waals surface area contributed by atoms with E-state index in [0.29, 0.717) is 6.42 Å². The highest BCUT2D eigenvalue weighted by molar-refractivity contribution is 5.26. The van der Waals surface area contributed by atoms with Gasteiger partial charge in [-0.3, -0.25) is 4.90 Å². The van der Waals surface area contributed by atoms with E-state index in [9.17, 15) is 0 Å². The van der Waals surface area contributed by atoms with Gasteiger partial charge in [-0.2, -0.15) is 5.26 Å². The molecule has 1 atom stereocenters. The van der Waals surface area contributed by atoms with Gasteiger partial charge in [-0.15, -0.1) is 0 Å². The van der Waals surface area contributed by atoms with Crippen molar-refractivity contribution in [1.82, 2.24) is 10.2 Å². The molecule has 0 aliphatic carbocycles. The van der Waals surface area contributed by atoms with E-state index in [1.54, 1.807) is 0 Å². The summed E-state index contributed by atoms with van der Waals surface area (Å²) in [5, 5.41) is 12.4. The molecule has 0 spiro atoms. The van der Waals surface area contributed by atoms with Gasteiger partial charge in [0.1, 0.15) is 0 Å². The van der Waals surface area contributed by atoms with Gasteiger partial charge in [-0.05, 0) is 17.5 Å². The van der Waals surface area contributed by atoms with Gasteiger partial charge < -0.3 is 5.32 Å². The maximum atomic E-state index is 9.04. The summed E-state index contributed by atoms with van der Waals surface area (Å²) in [6, 6.07) is 11.3. The highest BCUT2D eigenvalue weighted by atomic mass is 15.2. The summed E-state index contributed by atoms with van der Waals surface area (Å²) in [7, 11) is 0. The normalized spacial score (nSPS) is 18.2. The van der Waals surface area contributed by atoms with Gasteiger partial charge in [0.2, 0.25) is 0 Å². The minimum absolute atomic E-state index is 0.253. The van der Waals surface area contributed by atoms with Crippen LogP contribution in [0.4, 0.5) is 0 Å². The summed E-state index contributed by atoms with van der Waals surface area (Å²) in [6.07, 6.45) is 1.64. The lowest BCUT2D eigenvalue weighted by Gasteiger charge is -2.34. The van der Waals surface area contributed by atoms with Crippen LogP contribution in [0.3, 0.4) is 0 Å². The number of rotatable bonds is 4. The molecule has 18 heavy (non-hydrogen) atoms. The first-order valence-electron chi connectivity index (χ1n) is 6.75. The number of nitrogens with zero attached hydrogens (tertiary/aromatic N) is 2. The number of piperazine rings is 1. The third-order valence-corrected chi connectivity index (χ3v) is 3.65. The quantitative estimate of drug-likeness (QED) is 0.880. The number of nitrogens with one attached hydrogen (secondary N) is 1. The molecule has 0 bridgehead atoms. The van der Waals surface area contributed by atoms with Crippen LogP contribution in [0, 0.1) is 11.3 Å². The Morgan fingerprint density at radius 2 is 1.94 bits per heavy atom. The SMILES string of the molecule is CCc1ccc([C@H](CC#N)N2CCNCC2)cc1. The van der Waals surface area contributed by atoms with E-state index < -0.39 is 0 Å². The van der Waals surface area contributed by atoms with E-state index in [2.05, 4.69) is 47.5 Å². The van der Waals surface area contributed by atoms with Crippen molar-refractivity contribution in [1.29, 1.82) is 5.26 Å². The Morgan fingerprint density at radius 3 is 2.50 bits per heavy atom. The second-order valence-corrected chi connectivity index (χ2v) is 4.76. The standard InChI is InChI=1S/C15H21N3/c1-2-13-3-5-14(6-4-13)15(7-8-16)18-11-9-17-10-12-18/h3-6,15,17H,2,7,9-12H2,1H3/t15-/m0/s1. The van der Waals surface area contributed by atoms with Gasteiger partial charge in [0.25, 0.3) is 0 Å². The molecule has 1 fully saturated rings. The number of nitriles is 1. The lowest BCUT2D eigenvalue weighted by Crippen LogP contribution is -2.45. The molecule has 0 radical (unpaired) electrons. The van der Waals surface area contributed by atoms with Gasteiger partial charge in [-0.1, -0.05) is 31.2 Å². The molecule has 1 N–H and O–H groups in total. The van der Waals surface area contributed by atoms with Crippen LogP contribution in [0.2, 0.25) is 0 Å². The van der Waals surface area contributed by atoms with Crippen LogP contribution in [0.1, 0.15) is 30.5 Å². The average molecular weight is 243 g/mol. The van der Waals surface area contributed by atoms with E-state index in [1.807, 2.05) is 0 Å². The van der Waals surface area contributed by atoms with Crippen LogP contribution in [-0.4, -0.2) is 31.1 Å². The zero-order chi connectivity index (χ0) is 12.8. The van der Waals surface area contributed by atoms with E-state index in [4.69, 9.17) is 5.26 Å². The molecule has 1 heterocycles. The first-order chi connectivity index (χ1) is 8.85. The summed E-state index contributed by atoms with van der Waals surface area (Å²) in [6.45, 7) is 6.27. The van der Waals surface area contributed by atoms with E-state index in [0.717, 1.165) is 32.6 Å². The molecule has 0 saturated carbocycles. The minimum atomic E-state index is 0.253. The first-order valence-corrected chi connectivity index (χ1v) is 6.75. The topological polar surface area (TPSA) is 39.1 Å². The molecule has 1 aliphatic rings. The Morgan fingerprint density at radius 1 is 1.28 bits per heavy atom. The Labute approximate surface area is 109 Å². The number of aryl methyl sites for hydroxylation is 1. The molecular weight excluding hydrogens is 222 g/mol. The van der Waals surface area contributed by atoms with Crippen molar-refractivity contribution in [2.24, 2.45) is 0 Å². The van der Waals surface area contributed by atoms with Crippen molar-refractivity contribution in [3.63, 3.8) is 0 Å². The van der Waals surface area contributed by atoms with Gasteiger partial charge in [0, 0.05) is 32.2 Å². The molecule has 3 nitrogen and oxygen atoms in total. The lowest BCUT2D eigenvalue weighted by molar-refractivity contribution is 0.175. The molecule has 0 aromatic heterocycles. The fourth-order valence-electron chi connectivity index (χ4n) is 2.51. The second kappa shape index (κ2) is 6.53. The summed E-state index contributed by atoms with van der Waals surface area (Å²) >= 11 is 0. The summed E-state index contributed by atoms with van der Waals surface area (Å²) in [4.78, 5) is 2.42. The van der Waals surface area contributed by atoms with Crippen molar-refractivity contribution in [3.8, 4) is 6.07 Å². The number of hydrogen-bond acceptors (Lipinski definition) is 3. The van der Waals surface area contributed by atoms with Gasteiger partial charge >= 0.3 is 0 Å². The fourth-order valence-corrected chi connectivity index (χ4v) is 2.51. The van der Waals surface area contributed by atoms with E-state index in [-0.39, 0.29) is 6.04 Å². The van der Waals surface area contributed by atoms with Crippen molar-refractivity contribution < 1.29 is 0 Å². The Hall–Kier alpha value is -1.37. The molecule has 1 aromatic rings. The summed E-state index contributed by atoms with van der Waals surface area (Å²) < 4.78 is 0. The Bertz CT molecular complexity index is 399. The van der Waals surface area contributed by atoms with Gasteiger partial charge in [0.05, 0.1) is 12.5 Å². The zero-order valence-corrected chi connectivity index (χ0v) is 11.0. The fraction of sp³-hybridized carbons (Fsp3) is 0.533. The Kier molecular flexibility index (Phi) is 4.74. The number of benzene rings is 1. The van der Waals surface area contributed by atoms with Crippen LogP contribution < -0.4 is 5.32 Å². The third-order valence-electron chi connectivity index (χ3n) is 3.65. The summed E-state index contributed by atoms with van der Waals surface area (Å²) in [5.41, 5.74) is 2.63. The third kappa shape index (κ3) is 3.10. The van der Waals surface area contributed by atoms with E-state index >= 15 is 0 Å². The smallest absolute Gasteiger partial charge is 0.0641 e. The molecule has 0 amide bonds. The predicted octanol–water partition coefficient (Wildman–Crippen LogP) is 2.11. The average Bonchev–Trinajstić information content (AvgIpc) is 2.46. The van der Waals surface area contributed by atoms with Crippen LogP contribution >= 0.6 is 0 Å². The molecule has 3 heteroatoms. The lowest BCUT2D eigenvalue weighted by atomic mass is 10.00. The van der Waals surface area contributed by atoms with Gasteiger partial charge in [-0.25, -0.2) is 0 Å². The largest absolute Gasteiger partial charge is 0.314 e. The highest BCUT2D eigenvalue weighted by Crippen LogP contribution is 2.24. The molecule has 2 rings (SSSR count). The monoisotopic (exact) mass is 243 g/mol. The van der Waals surface area contributed by atoms with Crippen molar-refractivity contribution in [3.05, 3.63) is 35.4 Å². The van der Waals surface area contributed by atoms with E-state index in [1.165, 1.54) is 11.1 Å². The van der Waals surface area contributed by atoms with Crippen LogP contribution in [0.25, 0.3) is 0 Å². The maximum absolute atomic E-state index is 9.04. The van der Waals surface area contributed by atoms with Crippen molar-refractivity contribution in [2.75, 3.05) is 26.2 Å². The predicted molar refractivity (Wildman–Crippen MR) is 73.2 cm³/mol. The Balaban J connectivity index is 2.14. The molecule has 0 unspecified atom stereocenters. The molecule has 1 saturated heterocycles. The van der Waals surface area contributed by atoms with Crippen LogP contribution in [-0.2, 0) is 6.42 Å². The first kappa shape index (κ1) is 13.1. The maximum Gasteiger partial charge on any atom is 0.0641 e. The second-order valence-electron chi connectivity index (χ2n) is 4.76. The molecule has 96 valence electrons. The number of hydrogen-bond donors (Lipinski definition) is 1. The van der Waals surface area contributed by atoms with Crippen LogP contribution in [0.5, 0.6) is 0 Å². The van der Waals surface area contributed by atoms with Crippen LogP contribution in [0.15, 0.2) is 24.3 Å². The minimum Gasteiger partial charge on any atom is -0.314 e. The highest BCUT2D eigenvalue weighted by Gasteiger charge is 2.21. The van der Waals surface area contributed by atoms with Crippen molar-refractivity contribution in [2.45, 2.75) is 25.8 Å². The zero-order valence-electron chi connectivity index (χ0n) is 11.0.